The van der Waals surface area contributed by atoms with Gasteiger partial charge in [0.05, 0.1) is 41.4 Å². The van der Waals surface area contributed by atoms with Gasteiger partial charge in [-0.2, -0.15) is 4.31 Å². The summed E-state index contributed by atoms with van der Waals surface area (Å²) in [5, 5.41) is 31.3. The Morgan fingerprint density at radius 1 is 1.22 bits per heavy atom. The Kier molecular flexibility index (Phi) is 9.21. The normalized spacial score (nSPS) is 19.5. The Morgan fingerprint density at radius 2 is 1.96 bits per heavy atom. The van der Waals surface area contributed by atoms with Gasteiger partial charge in [0.2, 0.25) is 20.0 Å². The van der Waals surface area contributed by atoms with E-state index in [1.54, 1.807) is 0 Å². The molecule has 0 bridgehead atoms. The first-order valence-electron chi connectivity index (χ1n) is 14.0. The van der Waals surface area contributed by atoms with Crippen LogP contribution in [0.2, 0.25) is 0 Å². The molecule has 1 aromatic heterocycles. The van der Waals surface area contributed by atoms with Gasteiger partial charge in [0.15, 0.2) is 0 Å². The fourth-order valence-electron chi connectivity index (χ4n) is 5.67. The molecule has 2 saturated heterocycles. The zero-order valence-electron chi connectivity index (χ0n) is 24.2. The first-order chi connectivity index (χ1) is 21.2. The quantitative estimate of drug-likeness (QED) is 0.246. The van der Waals surface area contributed by atoms with Crippen molar-refractivity contribution in [1.82, 2.24) is 18.9 Å². The van der Waals surface area contributed by atoms with Crippen LogP contribution in [0.1, 0.15) is 19.3 Å². The van der Waals surface area contributed by atoms with E-state index >= 15 is 0 Å². The van der Waals surface area contributed by atoms with Crippen LogP contribution in [0.25, 0.3) is 10.9 Å². The molecule has 0 saturated carbocycles. The number of benzene rings is 2. The van der Waals surface area contributed by atoms with Crippen molar-refractivity contribution in [3.05, 3.63) is 54.5 Å². The number of aliphatic hydroxyl groups excluding tert-OH is 1. The molecule has 2 atom stereocenters. The van der Waals surface area contributed by atoms with Gasteiger partial charge in [0.25, 0.3) is 0 Å². The van der Waals surface area contributed by atoms with Gasteiger partial charge < -0.3 is 29.7 Å². The van der Waals surface area contributed by atoms with E-state index in [0.717, 1.165) is 23.2 Å². The van der Waals surface area contributed by atoms with Gasteiger partial charge in [-0.1, -0.05) is 6.07 Å². The number of aliphatic hydroxyl groups is 1. The van der Waals surface area contributed by atoms with Gasteiger partial charge in [-0.15, -0.1) is 0 Å². The fourth-order valence-corrected chi connectivity index (χ4v) is 7.92. The maximum absolute atomic E-state index is 13.5. The zero-order chi connectivity index (χ0) is 32.6. The SMILES string of the molecule is CNS(=O)(=O)c1cccc(OC[C@@H](O)CN(C(=O)O)[C@H]2COC3(CCN(S(=O)(=O)c4cnc5cc(F)ccc5c4O)CC3)C2)c1. The fraction of sp³-hybridized carbons (Fsp3) is 0.429. The second kappa shape index (κ2) is 12.6. The van der Waals surface area contributed by atoms with E-state index < -0.39 is 60.3 Å². The highest BCUT2D eigenvalue weighted by Crippen LogP contribution is 2.40. The third-order valence-corrected chi connectivity index (χ3v) is 11.4. The molecule has 1 amide bonds. The summed E-state index contributed by atoms with van der Waals surface area (Å²) in [6, 6.07) is 8.49. The first-order valence-corrected chi connectivity index (χ1v) is 16.9. The Hall–Kier alpha value is -3.61. The van der Waals surface area contributed by atoms with Crippen molar-refractivity contribution in [3.63, 3.8) is 0 Å². The van der Waals surface area contributed by atoms with E-state index in [4.69, 9.17) is 9.47 Å². The van der Waals surface area contributed by atoms with Crippen molar-refractivity contribution in [2.24, 2.45) is 0 Å². The van der Waals surface area contributed by atoms with Crippen LogP contribution in [0.3, 0.4) is 0 Å². The third kappa shape index (κ3) is 6.83. The molecule has 17 heteroatoms. The summed E-state index contributed by atoms with van der Waals surface area (Å²) in [6.07, 6.45) is -0.713. The molecule has 0 aliphatic carbocycles. The van der Waals surface area contributed by atoms with Gasteiger partial charge in [0.1, 0.15) is 34.9 Å². The predicted octanol–water partition coefficient (Wildman–Crippen LogP) is 1.72. The molecule has 45 heavy (non-hydrogen) atoms. The standard InChI is InChI=1S/C28H33FN4O10S2/c1-30-44(38,39)22-4-2-3-21(12-22)42-17-20(34)15-33(27(36)37)19-13-28(43-16-19)7-9-32(10-8-28)45(40,41)25-14-31-24-11-18(29)5-6-23(24)26(25)35/h2-6,11-12,14,19-20,30,34H,7-10,13,15-17H2,1H3,(H,31,35)(H,36,37)/t19-,20+/m1/s1. The molecule has 3 aromatic rings. The minimum atomic E-state index is -4.16. The van der Waals surface area contributed by atoms with Gasteiger partial charge in [-0.05, 0) is 50.6 Å². The largest absolute Gasteiger partial charge is 0.506 e. The summed E-state index contributed by atoms with van der Waals surface area (Å²) in [5.41, 5.74) is -0.671. The molecular formula is C28H33FN4O10S2. The molecule has 2 aromatic carbocycles. The summed E-state index contributed by atoms with van der Waals surface area (Å²) in [5.74, 6) is -0.914. The summed E-state index contributed by atoms with van der Waals surface area (Å²) in [6.45, 7) is -0.470. The first kappa shape index (κ1) is 32.8. The highest BCUT2D eigenvalue weighted by molar-refractivity contribution is 7.89. The number of rotatable bonds is 10. The smallest absolute Gasteiger partial charge is 0.407 e. The number of nitrogens with zero attached hydrogens (tertiary/aromatic N) is 3. The monoisotopic (exact) mass is 668 g/mol. The average Bonchev–Trinajstić information content (AvgIpc) is 3.41. The molecular weight excluding hydrogens is 635 g/mol. The lowest BCUT2D eigenvalue weighted by atomic mass is 9.88. The van der Waals surface area contributed by atoms with E-state index in [1.807, 2.05) is 0 Å². The molecule has 2 fully saturated rings. The predicted molar refractivity (Wildman–Crippen MR) is 157 cm³/mol. The number of halogens is 1. The van der Waals surface area contributed by atoms with Crippen LogP contribution in [0.15, 0.2) is 58.5 Å². The number of carbonyl (C=O) groups is 1. The Bertz CT molecular complexity index is 1800. The molecule has 2 aliphatic rings. The molecule has 2 aliphatic heterocycles. The highest BCUT2D eigenvalue weighted by atomic mass is 32.2. The summed E-state index contributed by atoms with van der Waals surface area (Å²) in [7, 11) is -6.59. The zero-order valence-corrected chi connectivity index (χ0v) is 25.8. The van der Waals surface area contributed by atoms with Crippen molar-refractivity contribution in [2.75, 3.05) is 39.9 Å². The van der Waals surface area contributed by atoms with Crippen LogP contribution in [0.5, 0.6) is 11.5 Å². The number of ether oxygens (including phenoxy) is 2. The van der Waals surface area contributed by atoms with Gasteiger partial charge >= 0.3 is 6.09 Å². The molecule has 0 radical (unpaired) electrons. The van der Waals surface area contributed by atoms with Crippen LogP contribution in [0.4, 0.5) is 9.18 Å². The number of sulfonamides is 2. The molecule has 5 rings (SSSR count). The van der Waals surface area contributed by atoms with Crippen LogP contribution in [0, 0.1) is 5.82 Å². The maximum atomic E-state index is 13.5. The molecule has 14 nitrogen and oxygen atoms in total. The minimum Gasteiger partial charge on any atom is -0.506 e. The Balaban J connectivity index is 1.19. The average molecular weight is 669 g/mol. The van der Waals surface area contributed by atoms with Crippen LogP contribution in [-0.2, 0) is 24.8 Å². The number of aromatic nitrogens is 1. The van der Waals surface area contributed by atoms with E-state index in [-0.39, 0.29) is 73.7 Å². The number of pyridine rings is 1. The number of fused-ring (bicyclic) bond motifs is 1. The highest BCUT2D eigenvalue weighted by Gasteiger charge is 2.47. The molecule has 244 valence electrons. The number of aromatic hydroxyl groups is 1. The molecule has 3 heterocycles. The number of nitrogens with one attached hydrogen (secondary N) is 1. The second-order valence-electron chi connectivity index (χ2n) is 11.0. The number of piperidine rings is 1. The Labute approximate surface area is 259 Å². The summed E-state index contributed by atoms with van der Waals surface area (Å²) in [4.78, 5) is 16.8. The van der Waals surface area contributed by atoms with Gasteiger partial charge in [-0.25, -0.2) is 30.7 Å². The van der Waals surface area contributed by atoms with Crippen LogP contribution < -0.4 is 9.46 Å². The lowest BCUT2D eigenvalue weighted by molar-refractivity contribution is -0.0319. The number of amides is 1. The van der Waals surface area contributed by atoms with E-state index in [2.05, 4.69) is 9.71 Å². The van der Waals surface area contributed by atoms with Crippen LogP contribution >= 0.6 is 0 Å². The summed E-state index contributed by atoms with van der Waals surface area (Å²) < 4.78 is 79.4. The van der Waals surface area contributed by atoms with E-state index in [1.165, 1.54) is 41.7 Å². The van der Waals surface area contributed by atoms with Crippen molar-refractivity contribution >= 4 is 37.0 Å². The van der Waals surface area contributed by atoms with Gasteiger partial charge in [0, 0.05) is 30.6 Å². The summed E-state index contributed by atoms with van der Waals surface area (Å²) >= 11 is 0. The van der Waals surface area contributed by atoms with Crippen molar-refractivity contribution in [2.45, 2.75) is 46.8 Å². The number of hydrogen-bond acceptors (Lipinski definition) is 10. The van der Waals surface area contributed by atoms with Crippen molar-refractivity contribution < 1.29 is 50.8 Å². The van der Waals surface area contributed by atoms with E-state index in [0.29, 0.717) is 0 Å². The second-order valence-corrected chi connectivity index (χ2v) is 14.8. The third-order valence-electron chi connectivity index (χ3n) is 8.13. The van der Waals surface area contributed by atoms with Gasteiger partial charge in [-0.3, -0.25) is 4.98 Å². The molecule has 1 spiro atoms. The number of carboxylic acid groups (broad SMARTS) is 1. The topological polar surface area (TPSA) is 196 Å². The molecule has 0 unspecified atom stereocenters. The van der Waals surface area contributed by atoms with Crippen molar-refractivity contribution in [3.8, 4) is 11.5 Å². The lowest BCUT2D eigenvalue weighted by Crippen LogP contribution is -2.48. The van der Waals surface area contributed by atoms with E-state index in [9.17, 15) is 41.3 Å². The lowest BCUT2D eigenvalue weighted by Gasteiger charge is -2.38. The number of hydrogen-bond donors (Lipinski definition) is 4. The van der Waals surface area contributed by atoms with Crippen LogP contribution in [-0.4, -0.2) is 110 Å². The maximum Gasteiger partial charge on any atom is 0.407 e. The minimum absolute atomic E-state index is 0.0289. The Morgan fingerprint density at radius 3 is 2.64 bits per heavy atom. The molecule has 4 N–H and O–H groups in total. The van der Waals surface area contributed by atoms with Crippen molar-refractivity contribution in [1.29, 1.82) is 0 Å².